The molecule has 0 unspecified atom stereocenters. The molecule has 1 atom stereocenters. The van der Waals surface area contributed by atoms with Gasteiger partial charge in [-0.1, -0.05) is 41.7 Å². The molecule has 7 heteroatoms. The number of hydrogen-bond donors (Lipinski definition) is 0. The molecule has 0 saturated carbocycles. The van der Waals surface area contributed by atoms with Crippen molar-refractivity contribution in [1.29, 1.82) is 0 Å². The van der Waals surface area contributed by atoms with Crippen LogP contribution in [-0.2, 0) is 0 Å². The lowest BCUT2D eigenvalue weighted by Gasteiger charge is -2.22. The third kappa shape index (κ3) is 2.36. The van der Waals surface area contributed by atoms with Gasteiger partial charge in [-0.2, -0.15) is 0 Å². The molecular formula is C23H13N3O3S. The first-order valence-electron chi connectivity index (χ1n) is 9.37. The fourth-order valence-corrected chi connectivity index (χ4v) is 4.93. The predicted octanol–water partition coefficient (Wildman–Crippen LogP) is 4.55. The van der Waals surface area contributed by atoms with Gasteiger partial charge in [0.15, 0.2) is 10.6 Å². The van der Waals surface area contributed by atoms with Gasteiger partial charge < -0.3 is 4.42 Å². The van der Waals surface area contributed by atoms with Crippen molar-refractivity contribution >= 4 is 43.6 Å². The summed E-state index contributed by atoms with van der Waals surface area (Å²) in [6, 6.07) is 17.7. The van der Waals surface area contributed by atoms with Crippen molar-refractivity contribution in [3.05, 3.63) is 100 Å². The Labute approximate surface area is 174 Å². The zero-order valence-corrected chi connectivity index (χ0v) is 16.3. The Morgan fingerprint density at radius 1 is 0.967 bits per heavy atom. The van der Waals surface area contributed by atoms with E-state index in [4.69, 9.17) is 4.42 Å². The van der Waals surface area contributed by atoms with Gasteiger partial charge in [0, 0.05) is 12.4 Å². The van der Waals surface area contributed by atoms with E-state index >= 15 is 0 Å². The van der Waals surface area contributed by atoms with Gasteiger partial charge in [0.1, 0.15) is 5.58 Å². The van der Waals surface area contributed by atoms with Crippen LogP contribution in [0.2, 0.25) is 0 Å². The van der Waals surface area contributed by atoms with E-state index in [1.54, 1.807) is 47.6 Å². The van der Waals surface area contributed by atoms with Crippen molar-refractivity contribution in [2.75, 3.05) is 4.90 Å². The van der Waals surface area contributed by atoms with Crippen LogP contribution in [-0.4, -0.2) is 15.9 Å². The van der Waals surface area contributed by atoms with E-state index in [2.05, 4.69) is 9.97 Å². The molecule has 0 aliphatic carbocycles. The highest BCUT2D eigenvalue weighted by molar-refractivity contribution is 7.22. The minimum Gasteiger partial charge on any atom is -0.450 e. The second-order valence-electron chi connectivity index (χ2n) is 7.00. The molecule has 5 aromatic rings. The van der Waals surface area contributed by atoms with Crippen molar-refractivity contribution in [3.8, 4) is 0 Å². The van der Waals surface area contributed by atoms with E-state index in [9.17, 15) is 9.59 Å². The van der Waals surface area contributed by atoms with E-state index in [0.29, 0.717) is 21.7 Å². The topological polar surface area (TPSA) is 76.3 Å². The zero-order chi connectivity index (χ0) is 20.2. The summed E-state index contributed by atoms with van der Waals surface area (Å²) in [5.74, 6) is -0.312. The van der Waals surface area contributed by atoms with E-state index in [-0.39, 0.29) is 17.1 Å². The van der Waals surface area contributed by atoms with Crippen LogP contribution >= 0.6 is 11.3 Å². The van der Waals surface area contributed by atoms with Gasteiger partial charge >= 0.3 is 0 Å². The SMILES string of the molecule is O=C1c2oc3ccccc3c(=O)c2[C@H](c2cccnc2)N1c1nc2ccccc2s1. The summed E-state index contributed by atoms with van der Waals surface area (Å²) in [6.45, 7) is 0. The highest BCUT2D eigenvalue weighted by atomic mass is 32.1. The molecule has 144 valence electrons. The predicted molar refractivity (Wildman–Crippen MR) is 115 cm³/mol. The lowest BCUT2D eigenvalue weighted by atomic mass is 10.0. The molecule has 0 radical (unpaired) electrons. The molecule has 1 aliphatic heterocycles. The van der Waals surface area contributed by atoms with Crippen molar-refractivity contribution < 1.29 is 9.21 Å². The molecule has 0 saturated heterocycles. The van der Waals surface area contributed by atoms with Gasteiger partial charge in [-0.3, -0.25) is 19.5 Å². The third-order valence-electron chi connectivity index (χ3n) is 5.27. The maximum Gasteiger partial charge on any atom is 0.297 e. The number of para-hydroxylation sites is 2. The van der Waals surface area contributed by atoms with Crippen LogP contribution < -0.4 is 10.3 Å². The molecule has 0 N–H and O–H groups in total. The molecule has 1 amide bonds. The summed E-state index contributed by atoms with van der Waals surface area (Å²) < 4.78 is 6.90. The Morgan fingerprint density at radius 3 is 2.63 bits per heavy atom. The van der Waals surface area contributed by atoms with E-state index in [0.717, 1.165) is 15.8 Å². The maximum absolute atomic E-state index is 13.5. The molecule has 30 heavy (non-hydrogen) atoms. The molecule has 6 nitrogen and oxygen atoms in total. The van der Waals surface area contributed by atoms with Gasteiger partial charge in [0.25, 0.3) is 5.91 Å². The molecule has 0 fully saturated rings. The molecule has 0 spiro atoms. The van der Waals surface area contributed by atoms with Crippen LogP contribution in [0.1, 0.15) is 27.7 Å². The van der Waals surface area contributed by atoms with Gasteiger partial charge in [-0.25, -0.2) is 4.98 Å². The highest BCUT2D eigenvalue weighted by Crippen LogP contribution is 2.43. The minimum atomic E-state index is -0.650. The Balaban J connectivity index is 1.66. The standard InChI is InChI=1S/C23H13N3O3S/c27-20-14-7-1-3-9-16(14)29-21-18(20)19(13-6-5-11-24-12-13)26(22(21)28)23-25-15-8-2-4-10-17(15)30-23/h1-12,19H/t19-/m0/s1. The summed E-state index contributed by atoms with van der Waals surface area (Å²) in [6.07, 6.45) is 3.33. The fourth-order valence-electron chi connectivity index (χ4n) is 3.93. The third-order valence-corrected chi connectivity index (χ3v) is 6.30. The number of rotatable bonds is 2. The van der Waals surface area contributed by atoms with Gasteiger partial charge in [-0.05, 0) is 35.9 Å². The average Bonchev–Trinajstić information content (AvgIpc) is 3.33. The van der Waals surface area contributed by atoms with Crippen LogP contribution in [0.25, 0.3) is 21.2 Å². The van der Waals surface area contributed by atoms with E-state index in [1.165, 1.54) is 11.3 Å². The number of pyridine rings is 1. The maximum atomic E-state index is 13.5. The van der Waals surface area contributed by atoms with Gasteiger partial charge in [0.2, 0.25) is 5.76 Å². The smallest absolute Gasteiger partial charge is 0.297 e. The number of benzene rings is 2. The van der Waals surface area contributed by atoms with Crippen LogP contribution in [0.3, 0.4) is 0 Å². The number of nitrogens with zero attached hydrogens (tertiary/aromatic N) is 3. The first kappa shape index (κ1) is 17.1. The second-order valence-corrected chi connectivity index (χ2v) is 8.01. The Bertz CT molecular complexity index is 1470. The summed E-state index contributed by atoms with van der Waals surface area (Å²) >= 11 is 1.41. The van der Waals surface area contributed by atoms with Crippen LogP contribution in [0.4, 0.5) is 5.13 Å². The summed E-state index contributed by atoms with van der Waals surface area (Å²) in [5, 5.41) is 0.967. The van der Waals surface area contributed by atoms with Crippen molar-refractivity contribution in [3.63, 3.8) is 0 Å². The molecule has 3 aromatic heterocycles. The lowest BCUT2D eigenvalue weighted by molar-refractivity contribution is 0.0971. The summed E-state index contributed by atoms with van der Waals surface area (Å²) in [5.41, 5.74) is 2.04. The lowest BCUT2D eigenvalue weighted by Crippen LogP contribution is -2.29. The number of carbonyl (C=O) groups excluding carboxylic acids is 1. The average molecular weight is 411 g/mol. The Kier molecular flexibility index (Phi) is 3.60. The largest absolute Gasteiger partial charge is 0.450 e. The number of anilines is 1. The highest BCUT2D eigenvalue weighted by Gasteiger charge is 2.45. The van der Waals surface area contributed by atoms with Crippen LogP contribution in [0.5, 0.6) is 0 Å². The van der Waals surface area contributed by atoms with Crippen LogP contribution in [0, 0.1) is 0 Å². The van der Waals surface area contributed by atoms with E-state index in [1.807, 2.05) is 30.3 Å². The first-order chi connectivity index (χ1) is 14.7. The number of aromatic nitrogens is 2. The first-order valence-corrected chi connectivity index (χ1v) is 10.2. The normalized spacial score (nSPS) is 15.8. The Morgan fingerprint density at radius 2 is 1.80 bits per heavy atom. The number of carbonyl (C=O) groups is 1. The van der Waals surface area contributed by atoms with Crippen LogP contribution in [0.15, 0.2) is 82.3 Å². The number of hydrogen-bond acceptors (Lipinski definition) is 6. The van der Waals surface area contributed by atoms with Crippen molar-refractivity contribution in [2.24, 2.45) is 0 Å². The zero-order valence-electron chi connectivity index (χ0n) is 15.5. The van der Waals surface area contributed by atoms with Gasteiger partial charge in [0.05, 0.1) is 27.2 Å². The monoisotopic (exact) mass is 411 g/mol. The molecule has 2 aromatic carbocycles. The Hall–Kier alpha value is -3.84. The molecule has 4 heterocycles. The number of amides is 1. The fraction of sp³-hybridized carbons (Fsp3) is 0.0435. The molecule has 6 rings (SSSR count). The van der Waals surface area contributed by atoms with E-state index < -0.39 is 6.04 Å². The molecule has 0 bridgehead atoms. The second kappa shape index (κ2) is 6.33. The summed E-state index contributed by atoms with van der Waals surface area (Å²) in [4.78, 5) is 37.3. The number of fused-ring (bicyclic) bond motifs is 3. The minimum absolute atomic E-state index is 0.0619. The quantitative estimate of drug-likeness (QED) is 0.426. The van der Waals surface area contributed by atoms with Crippen molar-refractivity contribution in [1.82, 2.24) is 9.97 Å². The van der Waals surface area contributed by atoms with Crippen molar-refractivity contribution in [2.45, 2.75) is 6.04 Å². The van der Waals surface area contributed by atoms with Gasteiger partial charge in [-0.15, -0.1) is 0 Å². The number of thiazole rings is 1. The molecule has 1 aliphatic rings. The summed E-state index contributed by atoms with van der Waals surface area (Å²) in [7, 11) is 0. The molecular weight excluding hydrogens is 398 g/mol.